The van der Waals surface area contributed by atoms with Crippen LogP contribution in [0.3, 0.4) is 0 Å². The third-order valence-corrected chi connectivity index (χ3v) is 5.66. The topological polar surface area (TPSA) is 73.2 Å². The third kappa shape index (κ3) is 4.62. The zero-order chi connectivity index (χ0) is 21.8. The summed E-state index contributed by atoms with van der Waals surface area (Å²) in [7, 11) is 1.58. The minimum absolute atomic E-state index is 0.105. The van der Waals surface area contributed by atoms with E-state index in [1.807, 2.05) is 55.5 Å². The number of thioether (sulfide) groups is 1. The number of para-hydroxylation sites is 1. The van der Waals surface area contributed by atoms with Crippen molar-refractivity contribution in [3.05, 3.63) is 88.7 Å². The second kappa shape index (κ2) is 9.06. The number of benzene rings is 3. The first-order valence-corrected chi connectivity index (χ1v) is 10.7. The molecule has 0 unspecified atom stereocenters. The van der Waals surface area contributed by atoms with Crippen LogP contribution in [-0.4, -0.2) is 28.3 Å². The lowest BCUT2D eigenvalue weighted by Gasteiger charge is -2.13. The van der Waals surface area contributed by atoms with Crippen molar-refractivity contribution in [1.29, 1.82) is 0 Å². The van der Waals surface area contributed by atoms with Gasteiger partial charge >= 0.3 is 0 Å². The average molecular weight is 432 g/mol. The normalized spacial score (nSPS) is 10.8. The fourth-order valence-electron chi connectivity index (χ4n) is 3.16. The van der Waals surface area contributed by atoms with Crippen molar-refractivity contribution in [2.75, 3.05) is 18.2 Å². The van der Waals surface area contributed by atoms with Crippen molar-refractivity contribution in [3.63, 3.8) is 0 Å². The largest absolute Gasteiger partial charge is 0.497 e. The summed E-state index contributed by atoms with van der Waals surface area (Å²) in [4.78, 5) is 30.4. The highest BCUT2D eigenvalue weighted by molar-refractivity contribution is 7.99. The molecule has 0 saturated heterocycles. The maximum Gasteiger partial charge on any atom is 0.266 e. The fourth-order valence-corrected chi connectivity index (χ4v) is 3.97. The second-order valence-electron chi connectivity index (χ2n) is 6.96. The standard InChI is InChI=1S/C24H21N3O3S/c1-16-10-12-18(13-11-16)27-23(29)20-8-3-4-9-21(20)26-24(27)31-15-22(28)25-17-6-5-7-19(14-17)30-2/h3-14H,15H2,1-2H3,(H,25,28). The van der Waals surface area contributed by atoms with Crippen LogP contribution >= 0.6 is 11.8 Å². The van der Waals surface area contributed by atoms with Crippen LogP contribution in [0.1, 0.15) is 5.56 Å². The number of aromatic nitrogens is 2. The predicted molar refractivity (Wildman–Crippen MR) is 124 cm³/mol. The first-order chi connectivity index (χ1) is 15.0. The third-order valence-electron chi connectivity index (χ3n) is 4.72. The number of carbonyl (C=O) groups excluding carboxylic acids is 1. The van der Waals surface area contributed by atoms with Crippen molar-refractivity contribution in [2.24, 2.45) is 0 Å². The number of aryl methyl sites for hydroxylation is 1. The van der Waals surface area contributed by atoms with Crippen LogP contribution < -0.4 is 15.6 Å². The van der Waals surface area contributed by atoms with Gasteiger partial charge in [-0.15, -0.1) is 0 Å². The van der Waals surface area contributed by atoms with E-state index in [2.05, 4.69) is 10.3 Å². The smallest absolute Gasteiger partial charge is 0.266 e. The van der Waals surface area contributed by atoms with Gasteiger partial charge in [-0.25, -0.2) is 4.98 Å². The van der Waals surface area contributed by atoms with E-state index in [4.69, 9.17) is 4.74 Å². The van der Waals surface area contributed by atoms with Crippen molar-refractivity contribution in [3.8, 4) is 11.4 Å². The van der Waals surface area contributed by atoms with Gasteiger partial charge in [-0.05, 0) is 43.3 Å². The molecule has 6 nitrogen and oxygen atoms in total. The molecule has 0 spiro atoms. The number of ether oxygens (including phenoxy) is 1. The van der Waals surface area contributed by atoms with E-state index in [0.717, 1.165) is 5.56 Å². The molecule has 4 rings (SSSR count). The Kier molecular flexibility index (Phi) is 6.04. The first kappa shape index (κ1) is 20.7. The van der Waals surface area contributed by atoms with Crippen LogP contribution in [0, 0.1) is 6.92 Å². The highest BCUT2D eigenvalue weighted by Gasteiger charge is 2.15. The summed E-state index contributed by atoms with van der Waals surface area (Å²) in [5, 5.41) is 3.85. The fraction of sp³-hybridized carbons (Fsp3) is 0.125. The summed E-state index contributed by atoms with van der Waals surface area (Å²) >= 11 is 1.22. The van der Waals surface area contributed by atoms with Gasteiger partial charge in [0.1, 0.15) is 5.75 Å². The molecule has 31 heavy (non-hydrogen) atoms. The zero-order valence-corrected chi connectivity index (χ0v) is 18.0. The number of methoxy groups -OCH3 is 1. The van der Waals surface area contributed by atoms with Crippen molar-refractivity contribution in [2.45, 2.75) is 12.1 Å². The number of carbonyl (C=O) groups is 1. The Labute approximate surface area is 183 Å². The minimum Gasteiger partial charge on any atom is -0.497 e. The number of nitrogens with zero attached hydrogens (tertiary/aromatic N) is 2. The highest BCUT2D eigenvalue weighted by Crippen LogP contribution is 2.22. The molecular formula is C24H21N3O3S. The maximum absolute atomic E-state index is 13.2. The molecule has 0 aliphatic heterocycles. The molecule has 1 heterocycles. The van der Waals surface area contributed by atoms with E-state index < -0.39 is 0 Å². The Balaban J connectivity index is 1.64. The van der Waals surface area contributed by atoms with Gasteiger partial charge in [0.25, 0.3) is 5.56 Å². The van der Waals surface area contributed by atoms with E-state index in [1.54, 1.807) is 35.9 Å². The molecule has 1 amide bonds. The quantitative estimate of drug-likeness (QED) is 0.361. The summed E-state index contributed by atoms with van der Waals surface area (Å²) in [6.07, 6.45) is 0. The summed E-state index contributed by atoms with van der Waals surface area (Å²) in [6.45, 7) is 1.99. The van der Waals surface area contributed by atoms with Gasteiger partial charge in [-0.3, -0.25) is 14.2 Å². The van der Waals surface area contributed by atoms with Crippen molar-refractivity contribution >= 4 is 34.3 Å². The summed E-state index contributed by atoms with van der Waals surface area (Å²) in [6, 6.07) is 22.0. The number of nitrogens with one attached hydrogen (secondary N) is 1. The van der Waals surface area contributed by atoms with Crippen LogP contribution in [-0.2, 0) is 4.79 Å². The van der Waals surface area contributed by atoms with Crippen molar-refractivity contribution in [1.82, 2.24) is 9.55 Å². The SMILES string of the molecule is COc1cccc(NC(=O)CSc2nc3ccccc3c(=O)n2-c2ccc(C)cc2)c1. The van der Waals surface area contributed by atoms with Gasteiger partial charge in [0.2, 0.25) is 5.91 Å². The van der Waals surface area contributed by atoms with Crippen LogP contribution in [0.15, 0.2) is 82.7 Å². The molecule has 0 radical (unpaired) electrons. The van der Waals surface area contributed by atoms with Gasteiger partial charge in [0, 0.05) is 11.8 Å². The molecule has 0 aliphatic carbocycles. The summed E-state index contributed by atoms with van der Waals surface area (Å²) in [5.74, 6) is 0.569. The van der Waals surface area contributed by atoms with E-state index >= 15 is 0 Å². The van der Waals surface area contributed by atoms with Gasteiger partial charge < -0.3 is 10.1 Å². The second-order valence-corrected chi connectivity index (χ2v) is 7.90. The predicted octanol–water partition coefficient (Wildman–Crippen LogP) is 4.43. The average Bonchev–Trinajstić information content (AvgIpc) is 2.79. The molecule has 0 saturated carbocycles. The van der Waals surface area contributed by atoms with Crippen LogP contribution in [0.2, 0.25) is 0 Å². The number of amides is 1. The maximum atomic E-state index is 13.2. The monoisotopic (exact) mass is 431 g/mol. The number of fused-ring (bicyclic) bond motifs is 1. The molecule has 156 valence electrons. The summed E-state index contributed by atoms with van der Waals surface area (Å²) < 4.78 is 6.75. The Bertz CT molecular complexity index is 1300. The number of hydrogen-bond donors (Lipinski definition) is 1. The van der Waals surface area contributed by atoms with Crippen LogP contribution in [0.25, 0.3) is 16.6 Å². The first-order valence-electron chi connectivity index (χ1n) is 9.71. The van der Waals surface area contributed by atoms with Crippen LogP contribution in [0.4, 0.5) is 5.69 Å². The molecule has 1 N–H and O–H groups in total. The Morgan fingerprint density at radius 1 is 1.06 bits per heavy atom. The Morgan fingerprint density at radius 2 is 1.84 bits per heavy atom. The van der Waals surface area contributed by atoms with Gasteiger partial charge in [0.05, 0.1) is 29.5 Å². The molecule has 0 bridgehead atoms. The van der Waals surface area contributed by atoms with E-state index in [0.29, 0.717) is 33.2 Å². The highest BCUT2D eigenvalue weighted by atomic mass is 32.2. The molecule has 7 heteroatoms. The molecule has 3 aromatic carbocycles. The summed E-state index contributed by atoms with van der Waals surface area (Å²) in [5.41, 5.74) is 2.89. The molecule has 4 aromatic rings. The number of hydrogen-bond acceptors (Lipinski definition) is 5. The lowest BCUT2D eigenvalue weighted by molar-refractivity contribution is -0.113. The van der Waals surface area contributed by atoms with Gasteiger partial charge in [-0.1, -0.05) is 47.7 Å². The number of anilines is 1. The Hall–Kier alpha value is -3.58. The van der Waals surface area contributed by atoms with Crippen molar-refractivity contribution < 1.29 is 9.53 Å². The van der Waals surface area contributed by atoms with Gasteiger partial charge in [-0.2, -0.15) is 0 Å². The molecule has 0 atom stereocenters. The lowest BCUT2D eigenvalue weighted by Crippen LogP contribution is -2.23. The molecule has 1 aromatic heterocycles. The van der Waals surface area contributed by atoms with E-state index in [9.17, 15) is 9.59 Å². The molecule has 0 fully saturated rings. The van der Waals surface area contributed by atoms with Crippen LogP contribution in [0.5, 0.6) is 5.75 Å². The zero-order valence-electron chi connectivity index (χ0n) is 17.2. The number of rotatable bonds is 6. The minimum atomic E-state index is -0.198. The molecule has 0 aliphatic rings. The van der Waals surface area contributed by atoms with E-state index in [1.165, 1.54) is 11.8 Å². The van der Waals surface area contributed by atoms with Gasteiger partial charge in [0.15, 0.2) is 5.16 Å². The lowest BCUT2D eigenvalue weighted by atomic mass is 10.2. The van der Waals surface area contributed by atoms with E-state index in [-0.39, 0.29) is 17.2 Å². The Morgan fingerprint density at radius 3 is 2.61 bits per heavy atom. The molecular weight excluding hydrogens is 410 g/mol.